The Balaban J connectivity index is 2.32. The van der Waals surface area contributed by atoms with Crippen LogP contribution in [0, 0.1) is 10.1 Å². The van der Waals surface area contributed by atoms with E-state index in [4.69, 9.17) is 0 Å². The molecule has 0 saturated heterocycles. The van der Waals surface area contributed by atoms with E-state index in [9.17, 15) is 23.3 Å². The Morgan fingerprint density at radius 3 is 2.54 bits per heavy atom. The number of rotatable bonds is 4. The Labute approximate surface area is 143 Å². The molecule has 0 aliphatic rings. The van der Waals surface area contributed by atoms with Crippen LogP contribution in [0.15, 0.2) is 52.0 Å². The second-order valence-electron chi connectivity index (χ2n) is 4.81. The van der Waals surface area contributed by atoms with Crippen molar-refractivity contribution < 1.29 is 18.1 Å². The molecule has 0 bridgehead atoms. The molecule has 0 fully saturated rings. The molecule has 24 heavy (non-hydrogen) atoms. The molecular formula is C15H11BrF3N3O2. The highest BCUT2D eigenvalue weighted by Gasteiger charge is 2.33. The Bertz CT molecular complexity index is 807. The van der Waals surface area contributed by atoms with Gasteiger partial charge in [0.1, 0.15) is 5.69 Å². The first-order valence-electron chi connectivity index (χ1n) is 6.60. The molecule has 0 unspecified atom stereocenters. The van der Waals surface area contributed by atoms with E-state index in [-0.39, 0.29) is 5.69 Å². The van der Waals surface area contributed by atoms with Gasteiger partial charge in [0, 0.05) is 10.5 Å². The third-order valence-corrected chi connectivity index (χ3v) is 3.60. The molecule has 2 aromatic rings. The van der Waals surface area contributed by atoms with Crippen molar-refractivity contribution in [3.8, 4) is 0 Å². The minimum absolute atomic E-state index is 0.123. The summed E-state index contributed by atoms with van der Waals surface area (Å²) < 4.78 is 38.8. The lowest BCUT2D eigenvalue weighted by Gasteiger charge is -2.09. The van der Waals surface area contributed by atoms with Crippen LogP contribution in [0.25, 0.3) is 0 Å². The number of nitro benzene ring substituents is 1. The fourth-order valence-corrected chi connectivity index (χ4v) is 2.27. The fourth-order valence-electron chi connectivity index (χ4n) is 1.88. The predicted molar refractivity (Wildman–Crippen MR) is 88.1 cm³/mol. The maximum absolute atomic E-state index is 12.7. The van der Waals surface area contributed by atoms with Crippen LogP contribution in [0.1, 0.15) is 18.1 Å². The predicted octanol–water partition coefficient (Wildman–Crippen LogP) is 5.21. The van der Waals surface area contributed by atoms with Crippen LogP contribution >= 0.6 is 15.9 Å². The third kappa shape index (κ3) is 4.31. The van der Waals surface area contributed by atoms with Crippen molar-refractivity contribution in [2.45, 2.75) is 13.1 Å². The van der Waals surface area contributed by atoms with Gasteiger partial charge >= 0.3 is 6.18 Å². The van der Waals surface area contributed by atoms with Crippen molar-refractivity contribution in [1.29, 1.82) is 0 Å². The highest BCUT2D eigenvalue weighted by atomic mass is 79.9. The minimum Gasteiger partial charge on any atom is -0.271 e. The average molecular weight is 402 g/mol. The Morgan fingerprint density at radius 2 is 1.96 bits per heavy atom. The number of nitrogens with zero attached hydrogens (tertiary/aromatic N) is 2. The number of alkyl halides is 3. The van der Waals surface area contributed by atoms with Gasteiger partial charge in [-0.1, -0.05) is 28.1 Å². The lowest BCUT2D eigenvalue weighted by molar-refractivity contribution is -0.384. The van der Waals surface area contributed by atoms with Crippen molar-refractivity contribution >= 4 is 33.0 Å². The van der Waals surface area contributed by atoms with Gasteiger partial charge in [0.25, 0.3) is 5.69 Å². The third-order valence-electron chi connectivity index (χ3n) is 3.11. The van der Waals surface area contributed by atoms with E-state index in [0.717, 1.165) is 22.2 Å². The van der Waals surface area contributed by atoms with Crippen molar-refractivity contribution in [3.63, 3.8) is 0 Å². The normalized spacial score (nSPS) is 12.1. The molecule has 9 heteroatoms. The largest absolute Gasteiger partial charge is 0.416 e. The molecule has 0 aliphatic carbocycles. The molecule has 5 nitrogen and oxygen atoms in total. The lowest BCUT2D eigenvalue weighted by atomic mass is 10.1. The molecule has 0 heterocycles. The van der Waals surface area contributed by atoms with Gasteiger partial charge in [-0.05, 0) is 36.8 Å². The molecule has 0 spiro atoms. The van der Waals surface area contributed by atoms with Crippen LogP contribution in [-0.2, 0) is 6.18 Å². The van der Waals surface area contributed by atoms with Crippen molar-refractivity contribution in [3.05, 3.63) is 68.2 Å². The first-order valence-corrected chi connectivity index (χ1v) is 7.39. The van der Waals surface area contributed by atoms with E-state index in [2.05, 4.69) is 26.5 Å². The molecule has 2 aromatic carbocycles. The molecule has 1 N–H and O–H groups in total. The van der Waals surface area contributed by atoms with Crippen LogP contribution in [0.4, 0.5) is 24.5 Å². The van der Waals surface area contributed by atoms with Crippen LogP contribution in [-0.4, -0.2) is 10.6 Å². The number of nitro groups is 1. The van der Waals surface area contributed by atoms with Gasteiger partial charge in [0.05, 0.1) is 16.2 Å². The van der Waals surface area contributed by atoms with E-state index in [1.165, 1.54) is 0 Å². The summed E-state index contributed by atoms with van der Waals surface area (Å²) in [6, 6.07) is 9.42. The number of halogens is 4. The molecule has 0 amide bonds. The zero-order valence-electron chi connectivity index (χ0n) is 12.3. The summed E-state index contributed by atoms with van der Waals surface area (Å²) in [5.41, 5.74) is 1.82. The van der Waals surface area contributed by atoms with Crippen molar-refractivity contribution in [2.75, 3.05) is 5.43 Å². The van der Waals surface area contributed by atoms with Crippen LogP contribution in [0.2, 0.25) is 0 Å². The number of anilines is 1. The molecule has 0 aliphatic heterocycles. The van der Waals surface area contributed by atoms with Gasteiger partial charge < -0.3 is 0 Å². The van der Waals surface area contributed by atoms with Gasteiger partial charge in [-0.15, -0.1) is 0 Å². The summed E-state index contributed by atoms with van der Waals surface area (Å²) in [6.45, 7) is 1.67. The second-order valence-corrected chi connectivity index (χ2v) is 5.72. The number of hydrogen-bond donors (Lipinski definition) is 1. The number of benzene rings is 2. The zero-order chi connectivity index (χ0) is 17.9. The second kappa shape index (κ2) is 7.00. The van der Waals surface area contributed by atoms with Gasteiger partial charge in [-0.3, -0.25) is 15.5 Å². The van der Waals surface area contributed by atoms with Crippen molar-refractivity contribution in [1.82, 2.24) is 0 Å². The molecule has 2 rings (SSSR count). The molecule has 0 atom stereocenters. The van der Waals surface area contributed by atoms with Gasteiger partial charge in [0.15, 0.2) is 0 Å². The van der Waals surface area contributed by atoms with Crippen molar-refractivity contribution in [2.24, 2.45) is 5.10 Å². The average Bonchev–Trinajstić information content (AvgIpc) is 2.51. The van der Waals surface area contributed by atoms with E-state index >= 15 is 0 Å². The number of nitrogens with one attached hydrogen (secondary N) is 1. The summed E-state index contributed by atoms with van der Waals surface area (Å²) in [7, 11) is 0. The zero-order valence-corrected chi connectivity index (χ0v) is 13.9. The summed E-state index contributed by atoms with van der Waals surface area (Å²) in [6.07, 6.45) is -4.65. The van der Waals surface area contributed by atoms with E-state index in [1.807, 2.05) is 6.07 Å². The van der Waals surface area contributed by atoms with Crippen LogP contribution in [0.3, 0.4) is 0 Å². The SMILES string of the molecule is C/C(=N/Nc1ccc(C(F)(F)F)cc1[N+](=O)[O-])c1cccc(Br)c1. The summed E-state index contributed by atoms with van der Waals surface area (Å²) in [5, 5.41) is 15.0. The van der Waals surface area contributed by atoms with E-state index in [1.54, 1.807) is 25.1 Å². The van der Waals surface area contributed by atoms with E-state index < -0.39 is 22.4 Å². The Morgan fingerprint density at radius 1 is 1.25 bits per heavy atom. The smallest absolute Gasteiger partial charge is 0.271 e. The maximum Gasteiger partial charge on any atom is 0.416 e. The monoisotopic (exact) mass is 401 g/mol. The molecular weight excluding hydrogens is 391 g/mol. The molecule has 0 radical (unpaired) electrons. The standard InChI is InChI=1S/C15H11BrF3N3O2/c1-9(10-3-2-4-12(16)7-10)20-21-13-6-5-11(15(17,18)19)8-14(13)22(23)24/h2-8,21H,1H3/b20-9-. The maximum atomic E-state index is 12.7. The minimum atomic E-state index is -4.65. The summed E-state index contributed by atoms with van der Waals surface area (Å²) in [4.78, 5) is 10.1. The molecule has 0 aromatic heterocycles. The Hall–Kier alpha value is -2.42. The van der Waals surface area contributed by atoms with Gasteiger partial charge in [-0.25, -0.2) is 0 Å². The number of hydrogen-bond acceptors (Lipinski definition) is 4. The van der Waals surface area contributed by atoms with Gasteiger partial charge in [-0.2, -0.15) is 18.3 Å². The van der Waals surface area contributed by atoms with E-state index in [0.29, 0.717) is 11.8 Å². The molecule has 126 valence electrons. The summed E-state index contributed by atoms with van der Waals surface area (Å²) in [5.74, 6) is 0. The topological polar surface area (TPSA) is 67.5 Å². The molecule has 0 saturated carbocycles. The van der Waals surface area contributed by atoms with Gasteiger partial charge in [0.2, 0.25) is 0 Å². The highest BCUT2D eigenvalue weighted by molar-refractivity contribution is 9.10. The summed E-state index contributed by atoms with van der Waals surface area (Å²) >= 11 is 3.31. The first kappa shape index (κ1) is 17.9. The quantitative estimate of drug-likeness (QED) is 0.434. The van der Waals surface area contributed by atoms with Crippen LogP contribution < -0.4 is 5.43 Å². The Kier molecular flexibility index (Phi) is 5.23. The first-order chi connectivity index (χ1) is 11.2. The number of hydrazone groups is 1. The van der Waals surface area contributed by atoms with Crippen LogP contribution in [0.5, 0.6) is 0 Å². The highest BCUT2D eigenvalue weighted by Crippen LogP contribution is 2.35. The lowest BCUT2D eigenvalue weighted by Crippen LogP contribution is -2.07. The fraction of sp³-hybridized carbons (Fsp3) is 0.133.